The van der Waals surface area contributed by atoms with E-state index in [4.69, 9.17) is 0 Å². The Morgan fingerprint density at radius 3 is 2.44 bits per heavy atom. The molecule has 0 heterocycles. The Morgan fingerprint density at radius 2 is 1.84 bits per heavy atom. The zero-order chi connectivity index (χ0) is 18.6. The molecular formula is C16H25N4O4S+. The molecule has 1 unspecified atom stereocenters. The van der Waals surface area contributed by atoms with Crippen LogP contribution in [0.1, 0.15) is 12.8 Å². The molecule has 1 aromatic rings. The summed E-state index contributed by atoms with van der Waals surface area (Å²) in [5.41, 5.74) is 0.406. The van der Waals surface area contributed by atoms with Gasteiger partial charge < -0.3 is 15.5 Å². The van der Waals surface area contributed by atoms with Crippen LogP contribution in [0.5, 0.6) is 0 Å². The van der Waals surface area contributed by atoms with Gasteiger partial charge in [0, 0.05) is 25.8 Å². The van der Waals surface area contributed by atoms with Gasteiger partial charge in [-0.2, -0.15) is 0 Å². The minimum Gasteiger partial charge on any atom is -0.348 e. The quantitative estimate of drug-likeness (QED) is 0.529. The third-order valence-corrected chi connectivity index (χ3v) is 5.57. The van der Waals surface area contributed by atoms with Crippen molar-refractivity contribution in [1.82, 2.24) is 9.62 Å². The predicted molar refractivity (Wildman–Crippen MR) is 93.7 cm³/mol. The van der Waals surface area contributed by atoms with Crippen LogP contribution in [0.3, 0.4) is 0 Å². The Labute approximate surface area is 148 Å². The Balaban J connectivity index is 1.90. The number of amides is 2. The van der Waals surface area contributed by atoms with E-state index in [0.717, 1.165) is 22.0 Å². The number of hydrogen-bond donors (Lipinski definition) is 3. The van der Waals surface area contributed by atoms with Gasteiger partial charge in [0.05, 0.1) is 11.9 Å². The number of hydrogen-bond acceptors (Lipinski definition) is 4. The van der Waals surface area contributed by atoms with E-state index in [1.165, 1.54) is 26.2 Å². The topological polar surface area (TPSA) is 100 Å². The maximum atomic E-state index is 12.1. The Hall–Kier alpha value is -1.97. The maximum Gasteiger partial charge on any atom is 0.279 e. The van der Waals surface area contributed by atoms with Gasteiger partial charge in [-0.25, -0.2) is 12.7 Å². The Bertz CT molecular complexity index is 744. The lowest BCUT2D eigenvalue weighted by Gasteiger charge is -2.15. The van der Waals surface area contributed by atoms with Gasteiger partial charge in [0.25, 0.3) is 11.8 Å². The number of rotatable bonds is 8. The first-order valence-corrected chi connectivity index (χ1v) is 9.55. The van der Waals surface area contributed by atoms with Gasteiger partial charge in [0.1, 0.15) is 0 Å². The summed E-state index contributed by atoms with van der Waals surface area (Å²) in [6, 6.07) is 6.40. The van der Waals surface area contributed by atoms with E-state index >= 15 is 0 Å². The highest BCUT2D eigenvalue weighted by Gasteiger charge is 2.25. The van der Waals surface area contributed by atoms with Crippen LogP contribution < -0.4 is 15.5 Å². The van der Waals surface area contributed by atoms with Crippen LogP contribution >= 0.6 is 0 Å². The van der Waals surface area contributed by atoms with Crippen LogP contribution in [-0.2, 0) is 19.6 Å². The SMILES string of the molecule is CN(C)S(=O)(=O)c1cccc(NC(=O)C[NH+](C)CC(=O)NC2CC2)c1. The average Bonchev–Trinajstić information content (AvgIpc) is 3.30. The fourth-order valence-electron chi connectivity index (χ4n) is 2.27. The minimum absolute atomic E-state index is 0.0631. The maximum absolute atomic E-state index is 12.1. The first-order chi connectivity index (χ1) is 11.7. The molecule has 0 radical (unpaired) electrons. The van der Waals surface area contributed by atoms with Crippen LogP contribution in [0, 0.1) is 0 Å². The summed E-state index contributed by atoms with van der Waals surface area (Å²) in [7, 11) is 1.11. The Kier molecular flexibility index (Phi) is 6.15. The van der Waals surface area contributed by atoms with Crippen molar-refractivity contribution >= 4 is 27.5 Å². The number of nitrogens with zero attached hydrogens (tertiary/aromatic N) is 1. The van der Waals surface area contributed by atoms with Crippen molar-refractivity contribution in [2.75, 3.05) is 39.5 Å². The third-order valence-electron chi connectivity index (χ3n) is 3.76. The monoisotopic (exact) mass is 369 g/mol. The Morgan fingerprint density at radius 1 is 1.20 bits per heavy atom. The second kappa shape index (κ2) is 7.94. The number of likely N-dealkylation sites (N-methyl/N-ethyl adjacent to an activating group) is 1. The molecule has 1 fully saturated rings. The van der Waals surface area contributed by atoms with Gasteiger partial charge in [-0.15, -0.1) is 0 Å². The smallest absolute Gasteiger partial charge is 0.279 e. The van der Waals surface area contributed by atoms with E-state index in [0.29, 0.717) is 11.7 Å². The molecule has 1 aliphatic carbocycles. The van der Waals surface area contributed by atoms with Crippen molar-refractivity contribution in [3.63, 3.8) is 0 Å². The standard InChI is InChI=1S/C16H24N4O4S/c1-19(2)25(23,24)14-6-4-5-13(9-14)18-16(22)11-20(3)10-15(21)17-12-7-8-12/h4-6,9,12H,7-8,10-11H2,1-3H3,(H,17,21)(H,18,22)/p+1. The molecule has 138 valence electrons. The van der Waals surface area contributed by atoms with E-state index in [2.05, 4.69) is 10.6 Å². The van der Waals surface area contributed by atoms with Gasteiger partial charge in [-0.3, -0.25) is 9.59 Å². The van der Waals surface area contributed by atoms with Crippen LogP contribution in [0.4, 0.5) is 5.69 Å². The summed E-state index contributed by atoms with van der Waals surface area (Å²) >= 11 is 0. The lowest BCUT2D eigenvalue weighted by molar-refractivity contribution is -0.862. The molecule has 1 aromatic carbocycles. The first kappa shape index (κ1) is 19.4. The number of nitrogens with one attached hydrogen (secondary N) is 3. The molecule has 1 saturated carbocycles. The van der Waals surface area contributed by atoms with Crippen LogP contribution in [-0.4, -0.2) is 64.8 Å². The number of sulfonamides is 1. The fraction of sp³-hybridized carbons (Fsp3) is 0.500. The summed E-state index contributed by atoms with van der Waals surface area (Å²) < 4.78 is 25.4. The molecule has 2 rings (SSSR count). The van der Waals surface area contributed by atoms with Gasteiger partial charge in [-0.05, 0) is 31.0 Å². The van der Waals surface area contributed by atoms with E-state index in [1.54, 1.807) is 19.2 Å². The molecule has 1 aliphatic rings. The predicted octanol–water partition coefficient (Wildman–Crippen LogP) is -1.33. The highest BCUT2D eigenvalue weighted by Crippen LogP contribution is 2.18. The number of carbonyl (C=O) groups is 2. The molecular weight excluding hydrogens is 344 g/mol. The molecule has 0 bridgehead atoms. The highest BCUT2D eigenvalue weighted by atomic mass is 32.2. The summed E-state index contributed by atoms with van der Waals surface area (Å²) in [6.45, 7) is 0.335. The lowest BCUT2D eigenvalue weighted by atomic mass is 10.3. The number of quaternary nitrogens is 1. The van der Waals surface area contributed by atoms with Crippen LogP contribution in [0.25, 0.3) is 0 Å². The molecule has 8 nitrogen and oxygen atoms in total. The summed E-state index contributed by atoms with van der Waals surface area (Å²) in [5.74, 6) is -0.344. The molecule has 2 amide bonds. The van der Waals surface area contributed by atoms with Crippen molar-refractivity contribution in [3.8, 4) is 0 Å². The van der Waals surface area contributed by atoms with Gasteiger partial charge in [-0.1, -0.05) is 6.07 Å². The average molecular weight is 369 g/mol. The van der Waals surface area contributed by atoms with E-state index in [9.17, 15) is 18.0 Å². The van der Waals surface area contributed by atoms with Gasteiger partial charge >= 0.3 is 0 Å². The number of carbonyl (C=O) groups excluding carboxylic acids is 2. The lowest BCUT2D eigenvalue weighted by Crippen LogP contribution is -3.11. The number of anilines is 1. The van der Waals surface area contributed by atoms with Crippen molar-refractivity contribution in [2.45, 2.75) is 23.8 Å². The number of benzene rings is 1. The molecule has 0 spiro atoms. The molecule has 0 aliphatic heterocycles. The highest BCUT2D eigenvalue weighted by molar-refractivity contribution is 7.89. The van der Waals surface area contributed by atoms with Crippen molar-refractivity contribution in [3.05, 3.63) is 24.3 Å². The largest absolute Gasteiger partial charge is 0.348 e. The second-order valence-electron chi connectivity index (χ2n) is 6.52. The minimum atomic E-state index is -3.56. The molecule has 3 N–H and O–H groups in total. The van der Waals surface area contributed by atoms with Crippen molar-refractivity contribution < 1.29 is 22.9 Å². The summed E-state index contributed by atoms with van der Waals surface area (Å²) in [4.78, 5) is 24.7. The molecule has 25 heavy (non-hydrogen) atoms. The van der Waals surface area contributed by atoms with Crippen molar-refractivity contribution in [2.24, 2.45) is 0 Å². The van der Waals surface area contributed by atoms with Crippen LogP contribution in [0.15, 0.2) is 29.2 Å². The van der Waals surface area contributed by atoms with E-state index in [1.807, 2.05) is 0 Å². The second-order valence-corrected chi connectivity index (χ2v) is 8.67. The normalized spacial score (nSPS) is 15.7. The van der Waals surface area contributed by atoms with Crippen LogP contribution in [0.2, 0.25) is 0 Å². The third kappa shape index (κ3) is 5.80. The van der Waals surface area contributed by atoms with E-state index in [-0.39, 0.29) is 29.8 Å². The zero-order valence-corrected chi connectivity index (χ0v) is 15.5. The molecule has 0 aromatic heterocycles. The molecule has 9 heteroatoms. The van der Waals surface area contributed by atoms with Crippen molar-refractivity contribution in [1.29, 1.82) is 0 Å². The molecule has 0 saturated heterocycles. The summed E-state index contributed by atoms with van der Waals surface area (Å²) in [6.07, 6.45) is 2.05. The van der Waals surface area contributed by atoms with E-state index < -0.39 is 10.0 Å². The summed E-state index contributed by atoms with van der Waals surface area (Å²) in [5, 5.41) is 5.56. The molecule has 1 atom stereocenters. The van der Waals surface area contributed by atoms with Gasteiger partial charge in [0.15, 0.2) is 13.1 Å². The fourth-order valence-corrected chi connectivity index (χ4v) is 3.22. The first-order valence-electron chi connectivity index (χ1n) is 8.11. The van der Waals surface area contributed by atoms with Gasteiger partial charge in [0.2, 0.25) is 10.0 Å². The zero-order valence-electron chi connectivity index (χ0n) is 14.7.